The van der Waals surface area contributed by atoms with E-state index >= 15 is 0 Å². The summed E-state index contributed by atoms with van der Waals surface area (Å²) in [6.07, 6.45) is 1.15. The third-order valence-electron chi connectivity index (χ3n) is 2.99. The van der Waals surface area contributed by atoms with E-state index in [9.17, 15) is 13.2 Å². The normalized spacial score (nSPS) is 12.6. The molecule has 5 nitrogen and oxygen atoms in total. The van der Waals surface area contributed by atoms with Gasteiger partial charge in [0.1, 0.15) is 5.60 Å². The number of benzene rings is 1. The minimum absolute atomic E-state index is 0.215. The van der Waals surface area contributed by atoms with Crippen molar-refractivity contribution in [1.82, 2.24) is 4.98 Å². The van der Waals surface area contributed by atoms with Crippen LogP contribution in [0.25, 0.3) is 10.9 Å². The van der Waals surface area contributed by atoms with Crippen LogP contribution in [0, 0.1) is 6.92 Å². The van der Waals surface area contributed by atoms with E-state index in [1.807, 2.05) is 0 Å². The second-order valence-corrected chi connectivity index (χ2v) is 8.12. The Balaban J connectivity index is 2.57. The van der Waals surface area contributed by atoms with Crippen LogP contribution in [0.2, 0.25) is 0 Å². The predicted octanol–water partition coefficient (Wildman–Crippen LogP) is 2.84. The molecule has 0 radical (unpaired) electrons. The Hall–Kier alpha value is -1.82. The van der Waals surface area contributed by atoms with E-state index in [4.69, 9.17) is 4.74 Å². The number of H-pyrrole nitrogens is 1. The van der Waals surface area contributed by atoms with Crippen LogP contribution < -0.4 is 0 Å². The van der Waals surface area contributed by atoms with E-state index in [-0.39, 0.29) is 4.90 Å². The van der Waals surface area contributed by atoms with Crippen molar-refractivity contribution in [3.8, 4) is 0 Å². The molecule has 1 aromatic carbocycles. The fourth-order valence-electron chi connectivity index (χ4n) is 2.13. The molecule has 0 aliphatic rings. The summed E-state index contributed by atoms with van der Waals surface area (Å²) in [5, 5.41) is 0.661. The molecular formula is C15H19NO4S. The standard InChI is InChI=1S/C15H19NO4S/c1-9-13(14(17)20-15(2,3)4)11-7-6-10(21(5,18)19)8-12(11)16-9/h6-8,16H,1-5H3. The number of aryl methyl sites for hydroxylation is 1. The summed E-state index contributed by atoms with van der Waals surface area (Å²) in [7, 11) is -3.28. The lowest BCUT2D eigenvalue weighted by Gasteiger charge is -2.19. The third-order valence-corrected chi connectivity index (χ3v) is 4.10. The Morgan fingerprint density at radius 3 is 2.38 bits per heavy atom. The molecule has 2 rings (SSSR count). The monoisotopic (exact) mass is 309 g/mol. The van der Waals surface area contributed by atoms with Crippen molar-refractivity contribution >= 4 is 26.7 Å². The zero-order chi connectivity index (χ0) is 16.0. The summed E-state index contributed by atoms with van der Waals surface area (Å²) in [4.78, 5) is 15.5. The Kier molecular flexibility index (Phi) is 3.61. The van der Waals surface area contributed by atoms with Crippen LogP contribution in [0.1, 0.15) is 36.8 Å². The van der Waals surface area contributed by atoms with Gasteiger partial charge in [0.15, 0.2) is 9.84 Å². The van der Waals surface area contributed by atoms with E-state index in [1.54, 1.807) is 33.8 Å². The van der Waals surface area contributed by atoms with Crippen LogP contribution in [0.5, 0.6) is 0 Å². The number of fused-ring (bicyclic) bond motifs is 1. The van der Waals surface area contributed by atoms with Crippen LogP contribution in [0.15, 0.2) is 23.1 Å². The van der Waals surface area contributed by atoms with E-state index < -0.39 is 21.4 Å². The van der Waals surface area contributed by atoms with E-state index in [1.165, 1.54) is 12.1 Å². The molecule has 0 amide bonds. The highest BCUT2D eigenvalue weighted by Gasteiger charge is 2.23. The SMILES string of the molecule is Cc1[nH]c2cc(S(C)(=O)=O)ccc2c1C(=O)OC(C)(C)C. The lowest BCUT2D eigenvalue weighted by molar-refractivity contribution is 0.00711. The summed E-state index contributed by atoms with van der Waals surface area (Å²) in [5.41, 5.74) is 1.13. The number of hydrogen-bond donors (Lipinski definition) is 1. The Morgan fingerprint density at radius 1 is 1.24 bits per heavy atom. The summed E-state index contributed by atoms with van der Waals surface area (Å²) in [6.45, 7) is 7.17. The number of carbonyl (C=O) groups excluding carboxylic acids is 1. The molecule has 21 heavy (non-hydrogen) atoms. The number of aromatic nitrogens is 1. The first-order valence-electron chi connectivity index (χ1n) is 6.55. The molecule has 114 valence electrons. The average molecular weight is 309 g/mol. The van der Waals surface area contributed by atoms with Crippen molar-refractivity contribution in [3.05, 3.63) is 29.5 Å². The maximum absolute atomic E-state index is 12.3. The van der Waals surface area contributed by atoms with Gasteiger partial charge in [0.2, 0.25) is 0 Å². The van der Waals surface area contributed by atoms with Crippen LogP contribution in [0.4, 0.5) is 0 Å². The van der Waals surface area contributed by atoms with Gasteiger partial charge in [-0.15, -0.1) is 0 Å². The number of ether oxygens (including phenoxy) is 1. The van der Waals surface area contributed by atoms with E-state index in [2.05, 4.69) is 4.98 Å². The van der Waals surface area contributed by atoms with Gasteiger partial charge in [-0.3, -0.25) is 0 Å². The number of nitrogens with one attached hydrogen (secondary N) is 1. The average Bonchev–Trinajstić information content (AvgIpc) is 2.59. The zero-order valence-electron chi connectivity index (χ0n) is 12.8. The molecule has 0 saturated heterocycles. The number of rotatable bonds is 2. The topological polar surface area (TPSA) is 76.2 Å². The molecule has 1 N–H and O–H groups in total. The summed E-state index contributed by atoms with van der Waals surface area (Å²) in [6, 6.07) is 4.67. The molecule has 0 saturated carbocycles. The second-order valence-electron chi connectivity index (χ2n) is 6.11. The van der Waals surface area contributed by atoms with Crippen LogP contribution in [-0.2, 0) is 14.6 Å². The molecule has 0 aliphatic heterocycles. The smallest absolute Gasteiger partial charge is 0.341 e. The maximum atomic E-state index is 12.3. The van der Waals surface area contributed by atoms with E-state index in [0.29, 0.717) is 22.2 Å². The molecule has 2 aromatic rings. The van der Waals surface area contributed by atoms with Gasteiger partial charge in [0.05, 0.1) is 10.5 Å². The lowest BCUT2D eigenvalue weighted by Crippen LogP contribution is -2.24. The lowest BCUT2D eigenvalue weighted by atomic mass is 10.1. The fraction of sp³-hybridized carbons (Fsp3) is 0.400. The molecule has 0 atom stereocenters. The first-order valence-corrected chi connectivity index (χ1v) is 8.44. The number of carbonyl (C=O) groups is 1. The van der Waals surface area contributed by atoms with Crippen molar-refractivity contribution in [3.63, 3.8) is 0 Å². The highest BCUT2D eigenvalue weighted by Crippen LogP contribution is 2.26. The van der Waals surface area contributed by atoms with E-state index in [0.717, 1.165) is 6.26 Å². The molecule has 0 aliphatic carbocycles. The molecule has 6 heteroatoms. The number of sulfone groups is 1. The quantitative estimate of drug-likeness (QED) is 0.865. The number of aromatic amines is 1. The second kappa shape index (κ2) is 4.87. The highest BCUT2D eigenvalue weighted by atomic mass is 32.2. The molecular weight excluding hydrogens is 290 g/mol. The van der Waals surface area contributed by atoms with Crippen molar-refractivity contribution in [1.29, 1.82) is 0 Å². The van der Waals surface area contributed by atoms with Crippen molar-refractivity contribution < 1.29 is 17.9 Å². The van der Waals surface area contributed by atoms with Gasteiger partial charge in [0.25, 0.3) is 0 Å². The summed E-state index contributed by atoms with van der Waals surface area (Å²) in [5.74, 6) is -0.418. The molecule has 0 fully saturated rings. The summed E-state index contributed by atoms with van der Waals surface area (Å²) < 4.78 is 28.6. The first-order chi connectivity index (χ1) is 9.49. The van der Waals surface area contributed by atoms with Gasteiger partial charge in [-0.05, 0) is 39.8 Å². The van der Waals surface area contributed by atoms with Gasteiger partial charge in [-0.1, -0.05) is 6.07 Å². The molecule has 1 aromatic heterocycles. The summed E-state index contributed by atoms with van der Waals surface area (Å²) >= 11 is 0. The first kappa shape index (κ1) is 15.6. The molecule has 0 spiro atoms. The van der Waals surface area contributed by atoms with Crippen LogP contribution in [0.3, 0.4) is 0 Å². The van der Waals surface area contributed by atoms with Gasteiger partial charge >= 0.3 is 5.97 Å². The van der Waals surface area contributed by atoms with Gasteiger partial charge < -0.3 is 9.72 Å². The van der Waals surface area contributed by atoms with Crippen molar-refractivity contribution in [2.75, 3.05) is 6.26 Å². The third kappa shape index (κ3) is 3.26. The van der Waals surface area contributed by atoms with Crippen LogP contribution >= 0.6 is 0 Å². The van der Waals surface area contributed by atoms with Crippen molar-refractivity contribution in [2.45, 2.75) is 38.2 Å². The molecule has 0 bridgehead atoms. The van der Waals surface area contributed by atoms with Gasteiger partial charge in [-0.25, -0.2) is 13.2 Å². The minimum atomic E-state index is -3.28. The van der Waals surface area contributed by atoms with Gasteiger partial charge in [-0.2, -0.15) is 0 Å². The Morgan fingerprint density at radius 2 is 1.86 bits per heavy atom. The van der Waals surface area contributed by atoms with Crippen molar-refractivity contribution in [2.24, 2.45) is 0 Å². The predicted molar refractivity (Wildman–Crippen MR) is 81.3 cm³/mol. The Labute approximate surface area is 124 Å². The number of esters is 1. The fourth-order valence-corrected chi connectivity index (χ4v) is 2.78. The number of hydrogen-bond acceptors (Lipinski definition) is 4. The largest absolute Gasteiger partial charge is 0.456 e. The minimum Gasteiger partial charge on any atom is -0.456 e. The molecule has 0 unspecified atom stereocenters. The van der Waals surface area contributed by atoms with Gasteiger partial charge in [0, 0.05) is 22.9 Å². The maximum Gasteiger partial charge on any atom is 0.341 e. The Bertz CT molecular complexity index is 810. The zero-order valence-corrected chi connectivity index (χ0v) is 13.6. The highest BCUT2D eigenvalue weighted by molar-refractivity contribution is 7.90. The van der Waals surface area contributed by atoms with Crippen LogP contribution in [-0.4, -0.2) is 31.2 Å². The molecule has 1 heterocycles.